The highest BCUT2D eigenvalue weighted by molar-refractivity contribution is 5.40. The van der Waals surface area contributed by atoms with Gasteiger partial charge < -0.3 is 5.32 Å². The summed E-state index contributed by atoms with van der Waals surface area (Å²) in [6.45, 7) is 5.61. The van der Waals surface area contributed by atoms with Crippen LogP contribution in [0.5, 0.6) is 0 Å². The molecule has 2 heterocycles. The Kier molecular flexibility index (Phi) is 4.97. The van der Waals surface area contributed by atoms with E-state index in [0.717, 1.165) is 31.1 Å². The Morgan fingerprint density at radius 3 is 2.72 bits per heavy atom. The summed E-state index contributed by atoms with van der Waals surface area (Å²) in [7, 11) is 0. The van der Waals surface area contributed by atoms with Gasteiger partial charge in [0.15, 0.2) is 0 Å². The topological polar surface area (TPSA) is 41.0 Å². The minimum Gasteiger partial charge on any atom is -0.367 e. The molecule has 1 aliphatic carbocycles. The maximum atomic E-state index is 4.41. The predicted octanol–water partition coefficient (Wildman–Crippen LogP) is 3.85. The summed E-state index contributed by atoms with van der Waals surface area (Å²) in [5.41, 5.74) is 3.95. The van der Waals surface area contributed by atoms with E-state index in [1.165, 1.54) is 49.2 Å². The molecule has 1 aromatic heterocycles. The number of benzene rings is 1. The number of aromatic nitrogens is 2. The third-order valence-electron chi connectivity index (χ3n) is 5.74. The van der Waals surface area contributed by atoms with E-state index in [1.54, 1.807) is 0 Å². The van der Waals surface area contributed by atoms with Crippen LogP contribution in [0.1, 0.15) is 49.0 Å². The Balaban J connectivity index is 1.48. The van der Waals surface area contributed by atoms with Crippen LogP contribution in [-0.2, 0) is 12.8 Å². The van der Waals surface area contributed by atoms with Crippen molar-refractivity contribution in [3.8, 4) is 0 Å². The first-order chi connectivity index (χ1) is 12.3. The van der Waals surface area contributed by atoms with E-state index in [-0.39, 0.29) is 0 Å². The van der Waals surface area contributed by atoms with E-state index in [1.807, 2.05) is 0 Å². The third-order valence-corrected chi connectivity index (χ3v) is 5.74. The Morgan fingerprint density at radius 2 is 1.92 bits per heavy atom. The molecule has 25 heavy (non-hydrogen) atoms. The van der Waals surface area contributed by atoms with Gasteiger partial charge in [-0.25, -0.2) is 0 Å². The monoisotopic (exact) mass is 336 g/mol. The van der Waals surface area contributed by atoms with E-state index in [9.17, 15) is 0 Å². The second-order valence-corrected chi connectivity index (χ2v) is 7.58. The number of hydrogen-bond acceptors (Lipinski definition) is 4. The van der Waals surface area contributed by atoms with Crippen molar-refractivity contribution in [2.75, 3.05) is 25.0 Å². The Bertz CT molecular complexity index is 692. The van der Waals surface area contributed by atoms with Gasteiger partial charge in [-0.1, -0.05) is 37.3 Å². The average Bonchev–Trinajstić information content (AvgIpc) is 3.12. The number of piperidine rings is 1. The summed E-state index contributed by atoms with van der Waals surface area (Å²) in [5, 5.41) is 12.4. The molecule has 4 rings (SSSR count). The molecule has 0 amide bonds. The van der Waals surface area contributed by atoms with Crippen LogP contribution in [0, 0.1) is 5.92 Å². The fraction of sp³-hybridized carbons (Fsp3) is 0.524. The minimum absolute atomic E-state index is 0.392. The fourth-order valence-electron chi connectivity index (χ4n) is 4.09. The molecule has 0 spiro atoms. The van der Waals surface area contributed by atoms with E-state index in [0.29, 0.717) is 6.04 Å². The summed E-state index contributed by atoms with van der Waals surface area (Å²) in [5.74, 6) is 1.77. The molecule has 4 heteroatoms. The molecule has 1 N–H and O–H groups in total. The van der Waals surface area contributed by atoms with Gasteiger partial charge in [0, 0.05) is 6.54 Å². The number of likely N-dealkylation sites (tertiary alicyclic amines) is 1. The molecule has 4 nitrogen and oxygen atoms in total. The first-order valence-electron chi connectivity index (χ1n) is 9.68. The average molecular weight is 336 g/mol. The molecule has 1 saturated heterocycles. The molecule has 0 radical (unpaired) electrons. The lowest BCUT2D eigenvalue weighted by Crippen LogP contribution is -2.39. The lowest BCUT2D eigenvalue weighted by Gasteiger charge is -2.37. The molecule has 1 aromatic carbocycles. The maximum Gasteiger partial charge on any atom is 0.149 e. The van der Waals surface area contributed by atoms with Crippen molar-refractivity contribution in [1.29, 1.82) is 0 Å². The molecule has 1 atom stereocenters. The second kappa shape index (κ2) is 7.52. The summed E-state index contributed by atoms with van der Waals surface area (Å²) in [6, 6.07) is 13.5. The van der Waals surface area contributed by atoms with Crippen molar-refractivity contribution in [3.63, 3.8) is 0 Å². The van der Waals surface area contributed by atoms with Crippen LogP contribution in [-0.4, -0.2) is 34.7 Å². The molecular formula is C21H28N4. The molecule has 2 aliphatic rings. The zero-order valence-corrected chi connectivity index (χ0v) is 15.1. The van der Waals surface area contributed by atoms with Gasteiger partial charge in [-0.05, 0) is 68.3 Å². The summed E-state index contributed by atoms with van der Waals surface area (Å²) in [6.07, 6.45) is 6.03. The summed E-state index contributed by atoms with van der Waals surface area (Å²) < 4.78 is 0. The Morgan fingerprint density at radius 1 is 1.12 bits per heavy atom. The highest BCUT2D eigenvalue weighted by Crippen LogP contribution is 2.27. The molecule has 132 valence electrons. The smallest absolute Gasteiger partial charge is 0.149 e. The van der Waals surface area contributed by atoms with Gasteiger partial charge in [0.05, 0.1) is 11.7 Å². The predicted molar refractivity (Wildman–Crippen MR) is 102 cm³/mol. The van der Waals surface area contributed by atoms with Crippen molar-refractivity contribution < 1.29 is 0 Å². The number of nitrogens with one attached hydrogen (secondary N) is 1. The van der Waals surface area contributed by atoms with Gasteiger partial charge in [0.25, 0.3) is 0 Å². The maximum absolute atomic E-state index is 4.41. The van der Waals surface area contributed by atoms with Gasteiger partial charge in [0.2, 0.25) is 0 Å². The lowest BCUT2D eigenvalue weighted by molar-refractivity contribution is 0.143. The summed E-state index contributed by atoms with van der Waals surface area (Å²) in [4.78, 5) is 2.63. The van der Waals surface area contributed by atoms with Gasteiger partial charge >= 0.3 is 0 Å². The zero-order valence-electron chi connectivity index (χ0n) is 15.1. The summed E-state index contributed by atoms with van der Waals surface area (Å²) >= 11 is 0. The van der Waals surface area contributed by atoms with E-state index < -0.39 is 0 Å². The van der Waals surface area contributed by atoms with Gasteiger partial charge in [0.1, 0.15) is 5.82 Å². The van der Waals surface area contributed by atoms with Gasteiger partial charge in [-0.15, -0.1) is 5.10 Å². The standard InChI is InChI=1S/C21H28N4/c1-16-10-12-25(13-11-16)20(17-6-3-2-4-7-17)15-22-21-14-18-8-5-9-19(18)23-24-21/h2-4,6-7,14,16,20H,5,8-13,15H2,1H3,(H,22,24). The lowest BCUT2D eigenvalue weighted by atomic mass is 9.95. The van der Waals surface area contributed by atoms with Crippen molar-refractivity contribution >= 4 is 5.82 Å². The normalized spacial score (nSPS) is 19.6. The number of anilines is 1. The van der Waals surface area contributed by atoms with E-state index in [2.05, 4.69) is 63.7 Å². The largest absolute Gasteiger partial charge is 0.367 e. The van der Waals surface area contributed by atoms with Crippen molar-refractivity contribution in [1.82, 2.24) is 15.1 Å². The number of aryl methyl sites for hydroxylation is 2. The molecule has 2 aromatic rings. The van der Waals surface area contributed by atoms with Crippen molar-refractivity contribution in [3.05, 3.63) is 53.2 Å². The molecule has 1 fully saturated rings. The minimum atomic E-state index is 0.392. The van der Waals surface area contributed by atoms with Gasteiger partial charge in [-0.3, -0.25) is 4.90 Å². The first-order valence-corrected chi connectivity index (χ1v) is 9.68. The van der Waals surface area contributed by atoms with Crippen LogP contribution in [0.3, 0.4) is 0 Å². The van der Waals surface area contributed by atoms with Crippen LogP contribution >= 0.6 is 0 Å². The highest BCUT2D eigenvalue weighted by atomic mass is 15.2. The number of nitrogens with zero attached hydrogens (tertiary/aromatic N) is 3. The highest BCUT2D eigenvalue weighted by Gasteiger charge is 2.24. The Labute approximate surface area is 150 Å². The van der Waals surface area contributed by atoms with Crippen LogP contribution in [0.15, 0.2) is 36.4 Å². The van der Waals surface area contributed by atoms with Crippen molar-refractivity contribution in [2.45, 2.75) is 45.1 Å². The quantitative estimate of drug-likeness (QED) is 0.900. The van der Waals surface area contributed by atoms with Crippen molar-refractivity contribution in [2.24, 2.45) is 5.92 Å². The van der Waals surface area contributed by atoms with Crippen LogP contribution in [0.25, 0.3) is 0 Å². The van der Waals surface area contributed by atoms with Crippen LogP contribution in [0.2, 0.25) is 0 Å². The van der Waals surface area contributed by atoms with E-state index in [4.69, 9.17) is 0 Å². The number of fused-ring (bicyclic) bond motifs is 1. The zero-order chi connectivity index (χ0) is 17.1. The van der Waals surface area contributed by atoms with E-state index >= 15 is 0 Å². The molecule has 0 bridgehead atoms. The molecular weight excluding hydrogens is 308 g/mol. The molecule has 1 unspecified atom stereocenters. The molecule has 0 saturated carbocycles. The first kappa shape index (κ1) is 16.5. The molecule has 1 aliphatic heterocycles. The van der Waals surface area contributed by atoms with Gasteiger partial charge in [-0.2, -0.15) is 5.10 Å². The number of rotatable bonds is 5. The fourth-order valence-corrected chi connectivity index (χ4v) is 4.09. The second-order valence-electron chi connectivity index (χ2n) is 7.58. The SMILES string of the molecule is CC1CCN(C(CNc2cc3c(nn2)CCC3)c2ccccc2)CC1. The van der Waals surface area contributed by atoms with Crippen LogP contribution < -0.4 is 5.32 Å². The van der Waals surface area contributed by atoms with Crippen LogP contribution in [0.4, 0.5) is 5.82 Å². The number of hydrogen-bond donors (Lipinski definition) is 1. The Hall–Kier alpha value is -1.94. The third kappa shape index (κ3) is 3.84.